The lowest BCUT2D eigenvalue weighted by molar-refractivity contribution is 0.600. The summed E-state index contributed by atoms with van der Waals surface area (Å²) >= 11 is 3.23. The first kappa shape index (κ1) is 22.6. The Morgan fingerprint density at radius 1 is 1.30 bits per heavy atom. The van der Waals surface area contributed by atoms with Crippen molar-refractivity contribution < 1.29 is 12.8 Å². The third kappa shape index (κ3) is 10.1. The molecule has 0 spiro atoms. The number of aryl methyl sites for hydroxylation is 1. The third-order valence-corrected chi connectivity index (χ3v) is 4.36. The zero-order valence-electron chi connectivity index (χ0n) is 13.1. The fraction of sp³-hybridized carbons (Fsp3) is 0.500. The lowest BCUT2D eigenvalue weighted by Crippen LogP contribution is -2.40. The van der Waals surface area contributed by atoms with Crippen molar-refractivity contribution in [3.63, 3.8) is 0 Å². The zero-order valence-corrected chi connectivity index (χ0v) is 17.8. The molecule has 0 aliphatic heterocycles. The Hall–Kier alpha value is -0.420. The van der Waals surface area contributed by atoms with Crippen molar-refractivity contribution in [3.05, 3.63) is 34.1 Å². The number of rotatable bonds is 7. The van der Waals surface area contributed by atoms with Crippen LogP contribution >= 0.6 is 39.9 Å². The Morgan fingerprint density at radius 2 is 1.96 bits per heavy atom. The van der Waals surface area contributed by atoms with Gasteiger partial charge in [-0.25, -0.2) is 12.8 Å². The molecule has 2 N–H and O–H groups in total. The minimum atomic E-state index is -2.99. The van der Waals surface area contributed by atoms with Gasteiger partial charge in [-0.05, 0) is 30.5 Å². The maximum absolute atomic E-state index is 13.6. The van der Waals surface area contributed by atoms with Gasteiger partial charge in [0, 0.05) is 30.9 Å². The predicted molar refractivity (Wildman–Crippen MR) is 107 cm³/mol. The van der Waals surface area contributed by atoms with Crippen LogP contribution in [0.4, 0.5) is 4.39 Å². The molecule has 0 aliphatic carbocycles. The van der Waals surface area contributed by atoms with E-state index in [-0.39, 0.29) is 35.5 Å². The van der Waals surface area contributed by atoms with Crippen molar-refractivity contribution in [2.45, 2.75) is 12.8 Å². The van der Waals surface area contributed by atoms with Crippen molar-refractivity contribution in [1.82, 2.24) is 10.6 Å². The molecule has 0 heterocycles. The van der Waals surface area contributed by atoms with Gasteiger partial charge >= 0.3 is 0 Å². The largest absolute Gasteiger partial charge is 0.356 e. The average molecular weight is 522 g/mol. The van der Waals surface area contributed by atoms with E-state index in [9.17, 15) is 12.8 Å². The number of nitrogens with one attached hydrogen (secondary N) is 2. The van der Waals surface area contributed by atoms with Crippen LogP contribution in [0.5, 0.6) is 0 Å². The summed E-state index contributed by atoms with van der Waals surface area (Å²) in [5.74, 6) is 0.377. The molecule has 0 aromatic heterocycles. The van der Waals surface area contributed by atoms with Gasteiger partial charge < -0.3 is 10.6 Å². The summed E-state index contributed by atoms with van der Waals surface area (Å²) in [6.07, 6.45) is 2.55. The second-order valence-electron chi connectivity index (χ2n) is 4.89. The molecule has 5 nitrogen and oxygen atoms in total. The van der Waals surface area contributed by atoms with Gasteiger partial charge in [0.2, 0.25) is 0 Å². The van der Waals surface area contributed by atoms with Crippen LogP contribution in [0.3, 0.4) is 0 Å². The van der Waals surface area contributed by atoms with Crippen LogP contribution in [-0.4, -0.2) is 46.5 Å². The molecule has 23 heavy (non-hydrogen) atoms. The van der Waals surface area contributed by atoms with Gasteiger partial charge in [-0.2, -0.15) is 0 Å². The average Bonchev–Trinajstić information content (AvgIpc) is 2.42. The van der Waals surface area contributed by atoms with E-state index in [1.54, 1.807) is 13.1 Å². The zero-order chi connectivity index (χ0) is 16.6. The molecule has 0 bridgehead atoms. The molecular formula is C14H22BrFIN3O2S. The number of hydrogen-bond donors (Lipinski definition) is 2. The second-order valence-corrected chi connectivity index (χ2v) is 8.07. The van der Waals surface area contributed by atoms with Crippen LogP contribution in [0.2, 0.25) is 0 Å². The predicted octanol–water partition coefficient (Wildman–Crippen LogP) is 2.35. The molecular weight excluding hydrogens is 500 g/mol. The molecule has 9 heteroatoms. The molecule has 0 aliphatic rings. The molecule has 132 valence electrons. The standard InChI is InChI=1S/C14H21BrFN3O2S.HI/c1-17-14(19-8-9-22(2,20)21)18-7-3-4-11-5-6-12(15)10-13(11)16;/h5-6,10H,3-4,7-9H2,1-2H3,(H2,17,18,19);1H. The first-order valence-electron chi connectivity index (χ1n) is 6.88. The summed E-state index contributed by atoms with van der Waals surface area (Å²) in [6.45, 7) is 0.925. The summed E-state index contributed by atoms with van der Waals surface area (Å²) in [5, 5.41) is 5.99. The molecule has 0 saturated heterocycles. The SMILES string of the molecule is CN=C(NCCCc1ccc(Br)cc1F)NCCS(C)(=O)=O.I. The van der Waals surface area contributed by atoms with E-state index in [4.69, 9.17) is 0 Å². The second kappa shape index (κ2) is 11.2. The fourth-order valence-corrected chi connectivity index (χ4v) is 2.59. The van der Waals surface area contributed by atoms with Crippen molar-refractivity contribution in [2.24, 2.45) is 4.99 Å². The van der Waals surface area contributed by atoms with E-state index in [1.165, 1.54) is 12.3 Å². The van der Waals surface area contributed by atoms with Crippen LogP contribution in [0.25, 0.3) is 0 Å². The van der Waals surface area contributed by atoms with E-state index >= 15 is 0 Å². The summed E-state index contributed by atoms with van der Waals surface area (Å²) in [6, 6.07) is 5.03. The van der Waals surface area contributed by atoms with Gasteiger partial charge in [-0.3, -0.25) is 4.99 Å². The smallest absolute Gasteiger partial charge is 0.191 e. The van der Waals surface area contributed by atoms with E-state index in [1.807, 2.05) is 6.07 Å². The monoisotopic (exact) mass is 521 g/mol. The molecule has 0 fully saturated rings. The molecule has 0 radical (unpaired) electrons. The van der Waals surface area contributed by atoms with Crippen molar-refractivity contribution >= 4 is 55.7 Å². The Bertz CT molecular complexity index is 626. The number of nitrogens with zero attached hydrogens (tertiary/aromatic N) is 1. The first-order chi connectivity index (χ1) is 10.3. The summed E-state index contributed by atoms with van der Waals surface area (Å²) in [7, 11) is -1.37. The molecule has 0 atom stereocenters. The van der Waals surface area contributed by atoms with Crippen LogP contribution in [0.1, 0.15) is 12.0 Å². The molecule has 0 unspecified atom stereocenters. The summed E-state index contributed by atoms with van der Waals surface area (Å²) in [4.78, 5) is 4.00. The Labute approximate surface area is 162 Å². The number of sulfone groups is 1. The van der Waals surface area contributed by atoms with E-state index in [0.717, 1.165) is 10.9 Å². The van der Waals surface area contributed by atoms with Crippen LogP contribution in [0, 0.1) is 5.82 Å². The van der Waals surface area contributed by atoms with Gasteiger partial charge in [0.15, 0.2) is 5.96 Å². The first-order valence-corrected chi connectivity index (χ1v) is 9.73. The van der Waals surface area contributed by atoms with Crippen LogP contribution < -0.4 is 10.6 Å². The number of halogens is 3. The van der Waals surface area contributed by atoms with Crippen molar-refractivity contribution in [1.29, 1.82) is 0 Å². The van der Waals surface area contributed by atoms with Crippen LogP contribution in [0.15, 0.2) is 27.7 Å². The highest BCUT2D eigenvalue weighted by Gasteiger charge is 2.04. The Balaban J connectivity index is 0.00000484. The summed E-state index contributed by atoms with van der Waals surface area (Å²) in [5.41, 5.74) is 0.671. The molecule has 1 aromatic rings. The summed E-state index contributed by atoms with van der Waals surface area (Å²) < 4.78 is 36.4. The quantitative estimate of drug-likeness (QED) is 0.250. The van der Waals surface area contributed by atoms with Gasteiger partial charge in [0.1, 0.15) is 15.7 Å². The van der Waals surface area contributed by atoms with E-state index in [0.29, 0.717) is 31.0 Å². The highest BCUT2D eigenvalue weighted by molar-refractivity contribution is 14.0. The number of aliphatic imine (C=N–C) groups is 1. The van der Waals surface area contributed by atoms with Gasteiger partial charge in [-0.15, -0.1) is 24.0 Å². The Kier molecular flexibility index (Phi) is 11.0. The lowest BCUT2D eigenvalue weighted by Gasteiger charge is -2.11. The molecule has 1 rings (SSSR count). The van der Waals surface area contributed by atoms with Crippen molar-refractivity contribution in [3.8, 4) is 0 Å². The van der Waals surface area contributed by atoms with Gasteiger partial charge in [0.05, 0.1) is 5.75 Å². The number of benzene rings is 1. The highest BCUT2D eigenvalue weighted by Crippen LogP contribution is 2.16. The number of hydrogen-bond acceptors (Lipinski definition) is 3. The van der Waals surface area contributed by atoms with E-state index < -0.39 is 9.84 Å². The molecule has 0 saturated carbocycles. The van der Waals surface area contributed by atoms with Gasteiger partial charge in [0.25, 0.3) is 0 Å². The van der Waals surface area contributed by atoms with Crippen molar-refractivity contribution in [2.75, 3.05) is 32.1 Å². The minimum Gasteiger partial charge on any atom is -0.356 e. The normalized spacial score (nSPS) is 11.7. The fourth-order valence-electron chi connectivity index (χ4n) is 1.79. The van der Waals surface area contributed by atoms with Crippen LogP contribution in [-0.2, 0) is 16.3 Å². The maximum Gasteiger partial charge on any atom is 0.191 e. The topological polar surface area (TPSA) is 70.6 Å². The minimum absolute atomic E-state index is 0. The van der Waals surface area contributed by atoms with E-state index in [2.05, 4.69) is 31.6 Å². The lowest BCUT2D eigenvalue weighted by atomic mass is 10.1. The van der Waals surface area contributed by atoms with Gasteiger partial charge in [-0.1, -0.05) is 22.0 Å². The maximum atomic E-state index is 13.6. The molecule has 0 amide bonds. The number of guanidine groups is 1. The third-order valence-electron chi connectivity index (χ3n) is 2.92. The Morgan fingerprint density at radius 3 is 2.52 bits per heavy atom. The molecule has 1 aromatic carbocycles. The highest BCUT2D eigenvalue weighted by atomic mass is 127.